The Morgan fingerprint density at radius 3 is 1.96 bits per heavy atom. The first-order valence-corrected chi connectivity index (χ1v) is 17.7. The third-order valence-electron chi connectivity index (χ3n) is 8.50. The van der Waals surface area contributed by atoms with E-state index in [1.165, 1.54) is 60.6 Å². The van der Waals surface area contributed by atoms with Gasteiger partial charge in [-0.2, -0.15) is 0 Å². The number of aromatic amines is 1. The maximum atomic E-state index is 6.19. The lowest BCUT2D eigenvalue weighted by Gasteiger charge is -2.14. The van der Waals surface area contributed by atoms with E-state index in [0.717, 1.165) is 30.6 Å². The minimum Gasteiger partial charge on any atom is -0.460 e. The van der Waals surface area contributed by atoms with Crippen LogP contribution in [0, 0.1) is 6.92 Å². The van der Waals surface area contributed by atoms with Gasteiger partial charge in [0.1, 0.15) is 11.3 Å². The van der Waals surface area contributed by atoms with E-state index in [9.17, 15) is 0 Å². The molecule has 5 N–H and O–H groups in total. The van der Waals surface area contributed by atoms with Gasteiger partial charge in [-0.05, 0) is 61.1 Å². The molecule has 0 unspecified atom stereocenters. The number of aryl methyl sites for hydroxylation is 2. The molecule has 0 saturated heterocycles. The summed E-state index contributed by atoms with van der Waals surface area (Å²) in [7, 11) is 0. The minimum atomic E-state index is 0.950. The molecule has 4 nitrogen and oxygen atoms in total. The lowest BCUT2D eigenvalue weighted by Crippen LogP contribution is -2.02. The predicted octanol–water partition coefficient (Wildman–Crippen LogP) is 12.3. The lowest BCUT2D eigenvalue weighted by atomic mass is 9.90. The van der Waals surface area contributed by atoms with Gasteiger partial charge < -0.3 is 9.40 Å². The number of H-pyrrole nitrogens is 1. The van der Waals surface area contributed by atoms with Crippen LogP contribution in [0.3, 0.4) is 0 Å². The molecule has 1 aliphatic rings. The SMILES string of the molecule is C=C/C=C\C=C/C.CC.Cc1cccc2c3c(oc12)CCC(c1cccc2c1[nH]c1ccccc12)=C3.NN.c1ccc(Cc2ccccc2)cc1. The Kier molecular flexibility index (Phi) is 15.0. The van der Waals surface area contributed by atoms with Gasteiger partial charge >= 0.3 is 0 Å². The summed E-state index contributed by atoms with van der Waals surface area (Å²) >= 11 is 0. The molecule has 51 heavy (non-hydrogen) atoms. The summed E-state index contributed by atoms with van der Waals surface area (Å²) in [6.45, 7) is 11.6. The minimum absolute atomic E-state index is 0.950. The summed E-state index contributed by atoms with van der Waals surface area (Å²) in [5, 5.41) is 3.81. The zero-order chi connectivity index (χ0) is 36.4. The largest absolute Gasteiger partial charge is 0.460 e. The van der Waals surface area contributed by atoms with E-state index in [2.05, 4.69) is 158 Å². The number of benzene rings is 5. The van der Waals surface area contributed by atoms with Crippen LogP contribution in [0.15, 0.2) is 163 Å². The van der Waals surface area contributed by atoms with Crippen LogP contribution in [-0.2, 0) is 12.8 Å². The van der Waals surface area contributed by atoms with Crippen LogP contribution in [0.2, 0.25) is 0 Å². The van der Waals surface area contributed by atoms with Crippen LogP contribution in [0.4, 0.5) is 0 Å². The number of hydrogen-bond donors (Lipinski definition) is 3. The first-order valence-electron chi connectivity index (χ1n) is 17.7. The molecule has 7 aromatic rings. The summed E-state index contributed by atoms with van der Waals surface area (Å²) in [6.07, 6.45) is 14.8. The molecule has 0 radical (unpaired) electrons. The van der Waals surface area contributed by atoms with Crippen molar-refractivity contribution >= 4 is 44.4 Å². The molecule has 4 heteroatoms. The highest BCUT2D eigenvalue weighted by Crippen LogP contribution is 2.40. The van der Waals surface area contributed by atoms with E-state index in [-0.39, 0.29) is 0 Å². The van der Waals surface area contributed by atoms with Crippen molar-refractivity contribution in [3.05, 3.63) is 192 Å². The zero-order valence-corrected chi connectivity index (χ0v) is 30.4. The van der Waals surface area contributed by atoms with Crippen molar-refractivity contribution in [2.24, 2.45) is 11.7 Å². The fourth-order valence-electron chi connectivity index (χ4n) is 6.20. The molecular weight excluding hydrogens is 623 g/mol. The van der Waals surface area contributed by atoms with Gasteiger partial charge in [0.15, 0.2) is 0 Å². The number of furan rings is 1. The van der Waals surface area contributed by atoms with Crippen molar-refractivity contribution in [2.45, 2.75) is 47.0 Å². The van der Waals surface area contributed by atoms with Crippen molar-refractivity contribution in [1.82, 2.24) is 4.98 Å². The Morgan fingerprint density at radius 1 is 0.686 bits per heavy atom. The van der Waals surface area contributed by atoms with Crippen LogP contribution >= 0.6 is 0 Å². The number of rotatable bonds is 5. The Morgan fingerprint density at radius 2 is 1.29 bits per heavy atom. The third kappa shape index (κ3) is 9.73. The first-order chi connectivity index (χ1) is 25.2. The van der Waals surface area contributed by atoms with Crippen molar-refractivity contribution in [3.8, 4) is 0 Å². The van der Waals surface area contributed by atoms with Crippen molar-refractivity contribution in [1.29, 1.82) is 0 Å². The summed E-state index contributed by atoms with van der Waals surface area (Å²) in [5.41, 5.74) is 11.3. The number of nitrogens with one attached hydrogen (secondary N) is 1. The monoisotopic (exact) mass is 673 g/mol. The van der Waals surface area contributed by atoms with E-state index >= 15 is 0 Å². The second-order valence-corrected chi connectivity index (χ2v) is 11.8. The third-order valence-corrected chi connectivity index (χ3v) is 8.50. The average Bonchev–Trinajstić information content (AvgIpc) is 3.77. The lowest BCUT2D eigenvalue weighted by molar-refractivity contribution is 0.546. The predicted molar refractivity (Wildman–Crippen MR) is 223 cm³/mol. The summed E-state index contributed by atoms with van der Waals surface area (Å²) in [4.78, 5) is 3.64. The number of para-hydroxylation sites is 3. The highest BCUT2D eigenvalue weighted by molar-refractivity contribution is 6.11. The molecule has 0 amide bonds. The second kappa shape index (κ2) is 20.1. The van der Waals surface area contributed by atoms with Gasteiger partial charge in [0.25, 0.3) is 0 Å². The van der Waals surface area contributed by atoms with Gasteiger partial charge in [-0.15, -0.1) is 0 Å². The summed E-state index contributed by atoms with van der Waals surface area (Å²) in [5.74, 6) is 9.12. The van der Waals surface area contributed by atoms with E-state index < -0.39 is 0 Å². The quantitative estimate of drug-likeness (QED) is 0.0966. The number of allylic oxidation sites excluding steroid dienone is 6. The van der Waals surface area contributed by atoms with Gasteiger partial charge in [0.2, 0.25) is 0 Å². The fourth-order valence-corrected chi connectivity index (χ4v) is 6.20. The van der Waals surface area contributed by atoms with Gasteiger partial charge in [0.05, 0.1) is 5.52 Å². The van der Waals surface area contributed by atoms with E-state index in [0.29, 0.717) is 0 Å². The van der Waals surface area contributed by atoms with Crippen molar-refractivity contribution < 1.29 is 4.42 Å². The van der Waals surface area contributed by atoms with Gasteiger partial charge in [-0.1, -0.05) is 166 Å². The van der Waals surface area contributed by atoms with Crippen molar-refractivity contribution in [2.75, 3.05) is 0 Å². The van der Waals surface area contributed by atoms with Crippen LogP contribution in [0.1, 0.15) is 60.8 Å². The highest BCUT2D eigenvalue weighted by Gasteiger charge is 2.21. The number of hydrazine groups is 1. The average molecular weight is 674 g/mol. The van der Waals surface area contributed by atoms with Gasteiger partial charge in [-0.25, -0.2) is 0 Å². The number of hydrogen-bond acceptors (Lipinski definition) is 3. The summed E-state index contributed by atoms with van der Waals surface area (Å²) in [6, 6.07) is 42.6. The van der Waals surface area contributed by atoms with E-state index in [1.54, 1.807) is 6.08 Å². The number of fused-ring (bicyclic) bond motifs is 6. The molecule has 0 fully saturated rings. The molecule has 0 saturated carbocycles. The fraction of sp³-hybridized carbons (Fsp3) is 0.149. The Bertz CT molecular complexity index is 2160. The molecule has 0 aliphatic heterocycles. The van der Waals surface area contributed by atoms with Gasteiger partial charge in [0, 0.05) is 39.2 Å². The molecule has 260 valence electrons. The maximum absolute atomic E-state index is 6.19. The molecule has 0 bridgehead atoms. The summed E-state index contributed by atoms with van der Waals surface area (Å²) < 4.78 is 6.19. The molecule has 2 aromatic heterocycles. The molecule has 1 aliphatic carbocycles. The molecule has 8 rings (SSSR count). The maximum Gasteiger partial charge on any atom is 0.137 e. The topological polar surface area (TPSA) is 81.0 Å². The Hall–Kier alpha value is -5.68. The van der Waals surface area contributed by atoms with Gasteiger partial charge in [-0.3, -0.25) is 11.7 Å². The van der Waals surface area contributed by atoms with Crippen molar-refractivity contribution in [3.63, 3.8) is 0 Å². The molecular formula is C47H51N3O. The van der Waals surface area contributed by atoms with E-state index in [1.807, 2.05) is 45.1 Å². The Balaban J connectivity index is 0.000000203. The van der Waals surface area contributed by atoms with Crippen LogP contribution < -0.4 is 11.7 Å². The van der Waals surface area contributed by atoms with Crippen LogP contribution in [0.5, 0.6) is 0 Å². The number of aromatic nitrogens is 1. The standard InChI is InChI=1S/C25H19NO.C13H12.C7H10.C2H6.H4N2/c1-15-6-4-10-20-21-14-16(12-13-23(21)27-25(15)20)17-8-5-9-19-18-7-2-3-11-22(18)26-24(17)19;1-3-7-12(8-4-1)11-13-9-5-2-6-10-13;1-3-5-7-6-4-2;2*1-2/h2-11,14,26H,12-13H2,1H3;1-10H,11H2;3-7H,1H2,2H3;1-2H3;1-2H2/b;;6-4-,7-5-;;. The van der Waals surface area contributed by atoms with Crippen LogP contribution in [0.25, 0.3) is 44.4 Å². The smallest absolute Gasteiger partial charge is 0.137 e. The van der Waals surface area contributed by atoms with Crippen LogP contribution in [-0.4, -0.2) is 4.98 Å². The normalized spacial score (nSPS) is 11.7. The highest BCUT2D eigenvalue weighted by atomic mass is 16.3. The Labute approximate surface area is 303 Å². The molecule has 0 atom stereocenters. The zero-order valence-electron chi connectivity index (χ0n) is 30.4. The van der Waals surface area contributed by atoms with E-state index in [4.69, 9.17) is 4.42 Å². The molecule has 0 spiro atoms. The first kappa shape index (κ1) is 38.1. The second-order valence-electron chi connectivity index (χ2n) is 11.8. The molecule has 2 heterocycles. The number of nitrogens with two attached hydrogens (primary N) is 2. The molecule has 5 aromatic carbocycles.